The Kier molecular flexibility index (Phi) is 3.92. The Morgan fingerprint density at radius 2 is 2.18 bits per heavy atom. The maximum atomic E-state index is 4.18. The number of aromatic nitrogens is 1. The van der Waals surface area contributed by atoms with E-state index in [1.54, 1.807) is 11.3 Å². The van der Waals surface area contributed by atoms with Gasteiger partial charge in [0.05, 0.1) is 11.6 Å². The molecule has 0 amide bonds. The van der Waals surface area contributed by atoms with Gasteiger partial charge >= 0.3 is 0 Å². The Morgan fingerprint density at radius 3 is 2.82 bits per heavy atom. The highest BCUT2D eigenvalue weighted by Crippen LogP contribution is 2.27. The Morgan fingerprint density at radius 1 is 1.35 bits per heavy atom. The number of hydrogen-bond acceptors (Lipinski definition) is 3. The van der Waals surface area contributed by atoms with Gasteiger partial charge < -0.3 is 5.32 Å². The fourth-order valence-corrected chi connectivity index (χ4v) is 2.72. The predicted octanol–water partition coefficient (Wildman–Crippen LogP) is 3.46. The van der Waals surface area contributed by atoms with Crippen molar-refractivity contribution in [2.45, 2.75) is 26.8 Å². The summed E-state index contributed by atoms with van der Waals surface area (Å²) >= 11 is 1.71. The van der Waals surface area contributed by atoms with Crippen LogP contribution in [0.3, 0.4) is 0 Å². The number of nitrogens with one attached hydrogen (secondary N) is 1. The van der Waals surface area contributed by atoms with E-state index in [2.05, 4.69) is 49.3 Å². The van der Waals surface area contributed by atoms with Crippen molar-refractivity contribution >= 4 is 11.3 Å². The molecule has 0 aliphatic heterocycles. The number of hydrogen-bond donors (Lipinski definition) is 1. The first-order valence-electron chi connectivity index (χ1n) is 5.91. The van der Waals surface area contributed by atoms with Crippen LogP contribution in [0.4, 0.5) is 0 Å². The van der Waals surface area contributed by atoms with E-state index in [0.29, 0.717) is 0 Å². The monoisotopic (exact) mass is 246 g/mol. The second-order valence-corrected chi connectivity index (χ2v) is 5.17. The van der Waals surface area contributed by atoms with Crippen LogP contribution in [-0.4, -0.2) is 11.5 Å². The van der Waals surface area contributed by atoms with Crippen molar-refractivity contribution < 1.29 is 0 Å². The van der Waals surface area contributed by atoms with Gasteiger partial charge in [-0.05, 0) is 31.5 Å². The Labute approximate surface area is 107 Å². The van der Waals surface area contributed by atoms with Crippen molar-refractivity contribution in [2.24, 2.45) is 0 Å². The lowest BCUT2D eigenvalue weighted by Crippen LogP contribution is -2.22. The molecule has 17 heavy (non-hydrogen) atoms. The van der Waals surface area contributed by atoms with Crippen LogP contribution in [0.2, 0.25) is 0 Å². The number of aryl methyl sites for hydroxylation is 2. The minimum Gasteiger partial charge on any atom is -0.306 e. The molecular formula is C14H18N2S. The summed E-state index contributed by atoms with van der Waals surface area (Å²) < 4.78 is 0. The lowest BCUT2D eigenvalue weighted by molar-refractivity contribution is 0.635. The van der Waals surface area contributed by atoms with E-state index < -0.39 is 0 Å². The van der Waals surface area contributed by atoms with E-state index in [4.69, 9.17) is 0 Å². The van der Waals surface area contributed by atoms with Gasteiger partial charge in [0.25, 0.3) is 0 Å². The predicted molar refractivity (Wildman–Crippen MR) is 73.5 cm³/mol. The first-order chi connectivity index (χ1) is 8.22. The molecule has 1 heterocycles. The van der Waals surface area contributed by atoms with E-state index in [1.165, 1.54) is 21.6 Å². The summed E-state index contributed by atoms with van der Waals surface area (Å²) in [5.41, 5.74) is 5.88. The molecule has 0 bridgehead atoms. The van der Waals surface area contributed by atoms with E-state index in [1.807, 2.05) is 11.7 Å². The number of nitrogens with zero attached hydrogens (tertiary/aromatic N) is 1. The van der Waals surface area contributed by atoms with Crippen LogP contribution < -0.4 is 5.32 Å². The normalized spacial score (nSPS) is 12.6. The molecule has 2 aromatic rings. The summed E-state index contributed by atoms with van der Waals surface area (Å²) in [6.45, 7) is 7.40. The van der Waals surface area contributed by atoms with E-state index in [0.717, 1.165) is 6.54 Å². The van der Waals surface area contributed by atoms with Crippen LogP contribution in [0.25, 0.3) is 0 Å². The number of rotatable bonds is 4. The fraction of sp³-hybridized carbons (Fsp3) is 0.357. The van der Waals surface area contributed by atoms with Crippen molar-refractivity contribution in [2.75, 3.05) is 6.54 Å². The quantitative estimate of drug-likeness (QED) is 0.893. The minimum atomic E-state index is 0.271. The van der Waals surface area contributed by atoms with Gasteiger partial charge in [-0.1, -0.05) is 30.7 Å². The smallest absolute Gasteiger partial charge is 0.0794 e. The molecule has 0 spiro atoms. The third-order valence-electron chi connectivity index (χ3n) is 2.89. The second-order valence-electron chi connectivity index (χ2n) is 4.25. The molecule has 0 saturated carbocycles. The van der Waals surface area contributed by atoms with Crippen LogP contribution in [0.1, 0.15) is 34.5 Å². The molecule has 3 heteroatoms. The zero-order chi connectivity index (χ0) is 12.3. The average Bonchev–Trinajstić information content (AvgIpc) is 2.83. The molecule has 90 valence electrons. The van der Waals surface area contributed by atoms with E-state index >= 15 is 0 Å². The molecule has 1 unspecified atom stereocenters. The summed E-state index contributed by atoms with van der Waals surface area (Å²) in [6, 6.07) is 6.89. The first kappa shape index (κ1) is 12.3. The van der Waals surface area contributed by atoms with Gasteiger partial charge in [-0.3, -0.25) is 4.98 Å². The average molecular weight is 246 g/mol. The first-order valence-corrected chi connectivity index (χ1v) is 6.79. The lowest BCUT2D eigenvalue weighted by atomic mass is 9.98. The highest BCUT2D eigenvalue weighted by Gasteiger charge is 2.16. The largest absolute Gasteiger partial charge is 0.306 e. The Hall–Kier alpha value is -1.19. The lowest BCUT2D eigenvalue weighted by Gasteiger charge is -2.19. The topological polar surface area (TPSA) is 24.9 Å². The molecule has 0 aliphatic carbocycles. The maximum Gasteiger partial charge on any atom is 0.0794 e. The van der Waals surface area contributed by atoms with Crippen molar-refractivity contribution in [3.8, 4) is 0 Å². The van der Waals surface area contributed by atoms with Gasteiger partial charge in [0.1, 0.15) is 0 Å². The van der Waals surface area contributed by atoms with Gasteiger partial charge in [0, 0.05) is 11.1 Å². The van der Waals surface area contributed by atoms with Crippen molar-refractivity contribution in [1.82, 2.24) is 10.3 Å². The third-order valence-corrected chi connectivity index (χ3v) is 3.73. The molecule has 1 aromatic carbocycles. The van der Waals surface area contributed by atoms with Crippen molar-refractivity contribution in [1.29, 1.82) is 0 Å². The summed E-state index contributed by atoms with van der Waals surface area (Å²) in [5.74, 6) is 0. The summed E-state index contributed by atoms with van der Waals surface area (Å²) in [6.07, 6.45) is 1.96. The molecule has 0 radical (unpaired) electrons. The van der Waals surface area contributed by atoms with Gasteiger partial charge in [-0.15, -0.1) is 11.3 Å². The molecule has 0 fully saturated rings. The van der Waals surface area contributed by atoms with Crippen molar-refractivity contribution in [3.05, 3.63) is 51.5 Å². The molecule has 0 aliphatic rings. The molecule has 1 N–H and O–H groups in total. The van der Waals surface area contributed by atoms with Crippen LogP contribution in [0.15, 0.2) is 29.9 Å². The summed E-state index contributed by atoms with van der Waals surface area (Å²) in [7, 11) is 0. The summed E-state index contributed by atoms with van der Waals surface area (Å²) in [4.78, 5) is 5.46. The van der Waals surface area contributed by atoms with E-state index in [9.17, 15) is 0 Å². The molecule has 1 aromatic heterocycles. The van der Waals surface area contributed by atoms with Gasteiger partial charge in [-0.25, -0.2) is 0 Å². The zero-order valence-corrected chi connectivity index (χ0v) is 11.3. The fourth-order valence-electron chi connectivity index (χ4n) is 2.01. The SMILES string of the molecule is CCNC(c1cncs1)c1cc(C)ccc1C. The van der Waals surface area contributed by atoms with Crippen LogP contribution >= 0.6 is 11.3 Å². The zero-order valence-electron chi connectivity index (χ0n) is 10.5. The molecule has 2 rings (SSSR count). The Balaban J connectivity index is 2.42. The second kappa shape index (κ2) is 5.43. The van der Waals surface area contributed by atoms with Gasteiger partial charge in [-0.2, -0.15) is 0 Å². The third kappa shape index (κ3) is 2.73. The van der Waals surface area contributed by atoms with Gasteiger partial charge in [0.2, 0.25) is 0 Å². The van der Waals surface area contributed by atoms with E-state index in [-0.39, 0.29) is 6.04 Å². The minimum absolute atomic E-state index is 0.271. The standard InChI is InChI=1S/C14H18N2S/c1-4-16-14(13-8-15-9-17-13)12-7-10(2)5-6-11(12)3/h5-9,14,16H,4H2,1-3H3. The van der Waals surface area contributed by atoms with Crippen molar-refractivity contribution in [3.63, 3.8) is 0 Å². The Bertz CT molecular complexity index is 477. The maximum absolute atomic E-state index is 4.18. The van der Waals surface area contributed by atoms with Gasteiger partial charge in [0.15, 0.2) is 0 Å². The van der Waals surface area contributed by atoms with Crippen LogP contribution in [0.5, 0.6) is 0 Å². The molecule has 1 atom stereocenters. The molecule has 0 saturated heterocycles. The number of benzene rings is 1. The highest BCUT2D eigenvalue weighted by molar-refractivity contribution is 7.09. The highest BCUT2D eigenvalue weighted by atomic mass is 32.1. The molecule has 2 nitrogen and oxygen atoms in total. The van der Waals surface area contributed by atoms with Crippen LogP contribution in [-0.2, 0) is 0 Å². The number of thiazole rings is 1. The summed E-state index contributed by atoms with van der Waals surface area (Å²) in [5, 5.41) is 3.54. The van der Waals surface area contributed by atoms with Crippen LogP contribution in [0, 0.1) is 13.8 Å². The molecular weight excluding hydrogens is 228 g/mol.